The third-order valence-electron chi connectivity index (χ3n) is 2.55. The van der Waals surface area contributed by atoms with E-state index >= 15 is 0 Å². The summed E-state index contributed by atoms with van der Waals surface area (Å²) < 4.78 is 0. The van der Waals surface area contributed by atoms with Crippen LogP contribution >= 0.6 is 0 Å². The number of nitrogens with zero attached hydrogens (tertiary/aromatic N) is 2. The lowest BCUT2D eigenvalue weighted by atomic mass is 10.1. The van der Waals surface area contributed by atoms with Crippen molar-refractivity contribution in [1.29, 1.82) is 0 Å². The van der Waals surface area contributed by atoms with E-state index in [0.29, 0.717) is 0 Å². The maximum Gasteiger partial charge on any atom is 0.0953 e. The summed E-state index contributed by atoms with van der Waals surface area (Å²) in [6, 6.07) is 17.4. The molecule has 0 aliphatic heterocycles. The smallest absolute Gasteiger partial charge is 0.0953 e. The van der Waals surface area contributed by atoms with E-state index in [4.69, 9.17) is 5.73 Å². The lowest BCUT2D eigenvalue weighted by molar-refractivity contribution is 0.766. The molecule has 0 aliphatic rings. The minimum Gasteiger partial charge on any atom is -0.398 e. The second kappa shape index (κ2) is 5.25. The fraction of sp³-hybridized carbons (Fsp3) is 0.143. The topological polar surface area (TPSA) is 50.7 Å². The molecule has 1 atom stereocenters. The summed E-state index contributed by atoms with van der Waals surface area (Å²) in [5.74, 6) is 0. The SMILES string of the molecule is CC(N=Nc1ccccc1)c1ccccc1N. The average molecular weight is 225 g/mol. The molecule has 3 heteroatoms. The maximum absolute atomic E-state index is 5.89. The number of benzene rings is 2. The minimum absolute atomic E-state index is 0.0311. The van der Waals surface area contributed by atoms with Gasteiger partial charge in [-0.15, -0.1) is 0 Å². The number of nitrogen functional groups attached to an aromatic ring is 1. The standard InChI is InChI=1S/C14H15N3/c1-11(13-9-5-6-10-14(13)15)16-17-12-7-3-2-4-8-12/h2-11H,15H2,1H3. The van der Waals surface area contributed by atoms with Crippen molar-refractivity contribution in [3.63, 3.8) is 0 Å². The Morgan fingerprint density at radius 1 is 0.941 bits per heavy atom. The number of azo groups is 1. The van der Waals surface area contributed by atoms with Gasteiger partial charge in [0.2, 0.25) is 0 Å². The summed E-state index contributed by atoms with van der Waals surface area (Å²) in [5, 5.41) is 8.46. The second-order valence-electron chi connectivity index (χ2n) is 3.86. The molecule has 0 saturated heterocycles. The van der Waals surface area contributed by atoms with Crippen LogP contribution in [0.4, 0.5) is 11.4 Å². The molecular weight excluding hydrogens is 210 g/mol. The monoisotopic (exact) mass is 225 g/mol. The number of hydrogen-bond donors (Lipinski definition) is 1. The van der Waals surface area contributed by atoms with Gasteiger partial charge in [-0.25, -0.2) is 0 Å². The van der Waals surface area contributed by atoms with Gasteiger partial charge in [0.15, 0.2) is 0 Å². The first-order chi connectivity index (χ1) is 8.27. The largest absolute Gasteiger partial charge is 0.398 e. The van der Waals surface area contributed by atoms with Gasteiger partial charge in [0.1, 0.15) is 0 Å². The fourth-order valence-electron chi connectivity index (χ4n) is 1.60. The lowest BCUT2D eigenvalue weighted by Gasteiger charge is -2.08. The van der Waals surface area contributed by atoms with Crippen molar-refractivity contribution in [3.8, 4) is 0 Å². The molecule has 0 spiro atoms. The highest BCUT2D eigenvalue weighted by Crippen LogP contribution is 2.24. The molecular formula is C14H15N3. The zero-order chi connectivity index (χ0) is 12.1. The molecule has 2 aromatic rings. The highest BCUT2D eigenvalue weighted by atomic mass is 15.1. The summed E-state index contributed by atoms with van der Waals surface area (Å²) in [6.45, 7) is 1.98. The molecule has 0 heterocycles. The molecule has 0 fully saturated rings. The first-order valence-electron chi connectivity index (χ1n) is 5.57. The van der Waals surface area contributed by atoms with E-state index in [1.165, 1.54) is 0 Å². The van der Waals surface area contributed by atoms with Crippen LogP contribution in [0.25, 0.3) is 0 Å². The molecule has 0 radical (unpaired) electrons. The third kappa shape index (κ3) is 2.91. The Kier molecular flexibility index (Phi) is 3.50. The average Bonchev–Trinajstić information content (AvgIpc) is 2.38. The molecule has 0 amide bonds. The Labute approximate surface area is 101 Å². The number of hydrogen-bond acceptors (Lipinski definition) is 3. The molecule has 86 valence electrons. The zero-order valence-corrected chi connectivity index (χ0v) is 9.75. The Balaban J connectivity index is 2.15. The molecule has 0 aromatic heterocycles. The Bertz CT molecular complexity index is 506. The highest BCUT2D eigenvalue weighted by molar-refractivity contribution is 5.48. The summed E-state index contributed by atoms with van der Waals surface area (Å²) in [7, 11) is 0. The van der Waals surface area contributed by atoms with Crippen LogP contribution in [0.1, 0.15) is 18.5 Å². The lowest BCUT2D eigenvalue weighted by Crippen LogP contribution is -1.95. The van der Waals surface area contributed by atoms with Gasteiger partial charge in [0.25, 0.3) is 0 Å². The van der Waals surface area contributed by atoms with Crippen LogP contribution in [0.15, 0.2) is 64.8 Å². The van der Waals surface area contributed by atoms with Gasteiger partial charge in [-0.1, -0.05) is 36.4 Å². The molecule has 2 N–H and O–H groups in total. The van der Waals surface area contributed by atoms with Crippen molar-refractivity contribution >= 4 is 11.4 Å². The Morgan fingerprint density at radius 3 is 2.29 bits per heavy atom. The predicted octanol–water partition coefficient (Wildman–Crippen LogP) is 4.11. The van der Waals surface area contributed by atoms with E-state index in [0.717, 1.165) is 16.9 Å². The van der Waals surface area contributed by atoms with Crippen LogP contribution in [0.2, 0.25) is 0 Å². The van der Waals surface area contributed by atoms with Gasteiger partial charge in [-0.3, -0.25) is 0 Å². The molecule has 0 saturated carbocycles. The van der Waals surface area contributed by atoms with Crippen molar-refractivity contribution in [1.82, 2.24) is 0 Å². The predicted molar refractivity (Wildman–Crippen MR) is 70.2 cm³/mol. The zero-order valence-electron chi connectivity index (χ0n) is 9.75. The molecule has 2 aromatic carbocycles. The second-order valence-corrected chi connectivity index (χ2v) is 3.86. The highest BCUT2D eigenvalue weighted by Gasteiger charge is 2.06. The first kappa shape index (κ1) is 11.3. The number of nitrogens with two attached hydrogens (primary N) is 1. The normalized spacial score (nSPS) is 12.8. The van der Waals surface area contributed by atoms with Crippen LogP contribution in [0, 0.1) is 0 Å². The quantitative estimate of drug-likeness (QED) is 0.620. The Morgan fingerprint density at radius 2 is 1.59 bits per heavy atom. The van der Waals surface area contributed by atoms with Gasteiger partial charge in [-0.2, -0.15) is 10.2 Å². The van der Waals surface area contributed by atoms with Crippen LogP contribution in [0.5, 0.6) is 0 Å². The fourth-order valence-corrected chi connectivity index (χ4v) is 1.60. The van der Waals surface area contributed by atoms with Crippen LogP contribution in [0.3, 0.4) is 0 Å². The van der Waals surface area contributed by atoms with Gasteiger partial charge >= 0.3 is 0 Å². The molecule has 1 unspecified atom stereocenters. The van der Waals surface area contributed by atoms with Crippen molar-refractivity contribution in [2.45, 2.75) is 13.0 Å². The summed E-state index contributed by atoms with van der Waals surface area (Å²) >= 11 is 0. The minimum atomic E-state index is -0.0311. The van der Waals surface area contributed by atoms with Crippen molar-refractivity contribution in [2.24, 2.45) is 10.2 Å². The van der Waals surface area contributed by atoms with Gasteiger partial charge in [-0.05, 0) is 25.1 Å². The third-order valence-corrected chi connectivity index (χ3v) is 2.55. The van der Waals surface area contributed by atoms with E-state index in [1.807, 2.05) is 61.5 Å². The number of rotatable bonds is 3. The van der Waals surface area contributed by atoms with Crippen LogP contribution in [-0.4, -0.2) is 0 Å². The van der Waals surface area contributed by atoms with E-state index in [-0.39, 0.29) is 6.04 Å². The molecule has 17 heavy (non-hydrogen) atoms. The van der Waals surface area contributed by atoms with Crippen molar-refractivity contribution in [3.05, 3.63) is 60.2 Å². The van der Waals surface area contributed by atoms with Crippen molar-refractivity contribution < 1.29 is 0 Å². The van der Waals surface area contributed by atoms with E-state index in [2.05, 4.69) is 10.2 Å². The molecule has 0 aliphatic carbocycles. The van der Waals surface area contributed by atoms with Crippen molar-refractivity contribution in [2.75, 3.05) is 5.73 Å². The van der Waals surface area contributed by atoms with Gasteiger partial charge < -0.3 is 5.73 Å². The summed E-state index contributed by atoms with van der Waals surface area (Å²) in [4.78, 5) is 0. The first-order valence-corrected chi connectivity index (χ1v) is 5.57. The molecule has 3 nitrogen and oxygen atoms in total. The summed E-state index contributed by atoms with van der Waals surface area (Å²) in [5.41, 5.74) is 8.51. The van der Waals surface area contributed by atoms with Gasteiger partial charge in [0.05, 0.1) is 11.7 Å². The van der Waals surface area contributed by atoms with E-state index in [1.54, 1.807) is 0 Å². The molecule has 2 rings (SSSR count). The van der Waals surface area contributed by atoms with Crippen LogP contribution < -0.4 is 5.73 Å². The molecule has 0 bridgehead atoms. The van der Waals surface area contributed by atoms with E-state index < -0.39 is 0 Å². The summed E-state index contributed by atoms with van der Waals surface area (Å²) in [6.07, 6.45) is 0. The maximum atomic E-state index is 5.89. The number of para-hydroxylation sites is 1. The Hall–Kier alpha value is -2.16. The van der Waals surface area contributed by atoms with Crippen LogP contribution in [-0.2, 0) is 0 Å². The van der Waals surface area contributed by atoms with E-state index in [9.17, 15) is 0 Å². The van der Waals surface area contributed by atoms with Gasteiger partial charge in [0, 0.05) is 11.3 Å². The number of anilines is 1.